The van der Waals surface area contributed by atoms with E-state index in [1.54, 1.807) is 25.3 Å². The summed E-state index contributed by atoms with van der Waals surface area (Å²) < 4.78 is 5.21. The van der Waals surface area contributed by atoms with Gasteiger partial charge in [0.2, 0.25) is 0 Å². The molecule has 0 spiro atoms. The first-order valence-electron chi connectivity index (χ1n) is 4.35. The highest BCUT2D eigenvalue weighted by molar-refractivity contribution is 5.48. The third-order valence-electron chi connectivity index (χ3n) is 2.02. The summed E-state index contributed by atoms with van der Waals surface area (Å²) in [5.41, 5.74) is 7.39. The smallest absolute Gasteiger partial charge is 0.125 e. The summed E-state index contributed by atoms with van der Waals surface area (Å²) in [7, 11) is 5.12. The monoisotopic (exact) mass is 196 g/mol. The van der Waals surface area contributed by atoms with Gasteiger partial charge in [0.15, 0.2) is 0 Å². The molecule has 1 rings (SSSR count). The molecule has 0 aliphatic rings. The summed E-state index contributed by atoms with van der Waals surface area (Å²) in [5.74, 6) is 0.786. The van der Waals surface area contributed by atoms with Crippen LogP contribution in [0.5, 0.6) is 5.75 Å². The van der Waals surface area contributed by atoms with E-state index in [-0.39, 0.29) is 0 Å². The van der Waals surface area contributed by atoms with Gasteiger partial charge in [-0.05, 0) is 6.07 Å². The van der Waals surface area contributed by atoms with E-state index in [0.717, 1.165) is 11.3 Å². The maximum atomic E-state index is 5.64. The lowest BCUT2D eigenvalue weighted by Crippen LogP contribution is -2.16. The molecular weight excluding hydrogens is 180 g/mol. The summed E-state index contributed by atoms with van der Waals surface area (Å²) in [6.07, 6.45) is 0. The number of hydrogen-bond acceptors (Lipinski definition) is 4. The molecule has 2 N–H and O–H groups in total. The Balaban J connectivity index is 2.85. The van der Waals surface area contributed by atoms with Crippen molar-refractivity contribution in [1.82, 2.24) is 5.06 Å². The molecule has 0 saturated carbocycles. The van der Waals surface area contributed by atoms with Crippen molar-refractivity contribution in [1.29, 1.82) is 0 Å². The molecule has 1 aromatic carbocycles. The van der Waals surface area contributed by atoms with Crippen molar-refractivity contribution in [2.24, 2.45) is 0 Å². The Bertz CT molecular complexity index is 302. The van der Waals surface area contributed by atoms with E-state index in [9.17, 15) is 0 Å². The minimum Gasteiger partial charge on any atom is -0.496 e. The molecule has 0 aliphatic heterocycles. The Morgan fingerprint density at radius 1 is 1.36 bits per heavy atom. The quantitative estimate of drug-likeness (QED) is 0.582. The highest BCUT2D eigenvalue weighted by atomic mass is 16.7. The van der Waals surface area contributed by atoms with Gasteiger partial charge >= 0.3 is 0 Å². The number of rotatable bonds is 4. The lowest BCUT2D eigenvalue weighted by molar-refractivity contribution is -0.116. The average Bonchev–Trinajstić information content (AvgIpc) is 2.20. The zero-order valence-corrected chi connectivity index (χ0v) is 8.78. The Morgan fingerprint density at radius 2 is 2.07 bits per heavy atom. The molecule has 0 aliphatic carbocycles. The number of methoxy groups -OCH3 is 1. The fourth-order valence-electron chi connectivity index (χ4n) is 1.20. The highest BCUT2D eigenvalue weighted by Crippen LogP contribution is 2.22. The van der Waals surface area contributed by atoms with Crippen LogP contribution in [0.15, 0.2) is 18.2 Å². The fourth-order valence-corrected chi connectivity index (χ4v) is 1.20. The van der Waals surface area contributed by atoms with Crippen molar-refractivity contribution < 1.29 is 9.57 Å². The van der Waals surface area contributed by atoms with Crippen molar-refractivity contribution in [2.45, 2.75) is 6.54 Å². The van der Waals surface area contributed by atoms with E-state index in [1.165, 1.54) is 0 Å². The van der Waals surface area contributed by atoms with Gasteiger partial charge in [-0.2, -0.15) is 5.06 Å². The van der Waals surface area contributed by atoms with E-state index in [2.05, 4.69) is 0 Å². The van der Waals surface area contributed by atoms with Gasteiger partial charge in [0.05, 0.1) is 20.8 Å². The third-order valence-corrected chi connectivity index (χ3v) is 2.02. The second kappa shape index (κ2) is 4.83. The first-order valence-corrected chi connectivity index (χ1v) is 4.35. The summed E-state index contributed by atoms with van der Waals surface area (Å²) in [6.45, 7) is 0.667. The maximum absolute atomic E-state index is 5.64. The molecule has 0 atom stereocenters. The third kappa shape index (κ3) is 2.61. The van der Waals surface area contributed by atoms with Crippen LogP contribution in [0.1, 0.15) is 5.56 Å². The van der Waals surface area contributed by atoms with Gasteiger partial charge in [0.25, 0.3) is 0 Å². The van der Waals surface area contributed by atoms with Gasteiger partial charge in [-0.25, -0.2) is 0 Å². The molecule has 0 fully saturated rings. The van der Waals surface area contributed by atoms with E-state index in [4.69, 9.17) is 15.3 Å². The fraction of sp³-hybridized carbons (Fsp3) is 0.400. The zero-order chi connectivity index (χ0) is 10.6. The van der Waals surface area contributed by atoms with Crippen LogP contribution in [0, 0.1) is 0 Å². The van der Waals surface area contributed by atoms with Gasteiger partial charge < -0.3 is 15.3 Å². The predicted octanol–water partition coefficient (Wildman–Crippen LogP) is 1.27. The van der Waals surface area contributed by atoms with Crippen LogP contribution < -0.4 is 10.5 Å². The molecule has 0 bridgehead atoms. The summed E-state index contributed by atoms with van der Waals surface area (Å²) in [5, 5.41) is 1.72. The van der Waals surface area contributed by atoms with Crippen molar-refractivity contribution in [3.63, 3.8) is 0 Å². The topological polar surface area (TPSA) is 47.7 Å². The molecule has 1 aromatic rings. The number of ether oxygens (including phenoxy) is 1. The minimum atomic E-state index is 0.667. The molecule has 0 saturated heterocycles. The summed E-state index contributed by atoms with van der Waals surface area (Å²) in [6, 6.07) is 5.59. The molecule has 0 unspecified atom stereocenters. The maximum Gasteiger partial charge on any atom is 0.125 e. The van der Waals surface area contributed by atoms with Crippen LogP contribution in [0.3, 0.4) is 0 Å². The van der Waals surface area contributed by atoms with E-state index in [1.807, 2.05) is 19.2 Å². The van der Waals surface area contributed by atoms with Crippen molar-refractivity contribution >= 4 is 5.69 Å². The zero-order valence-electron chi connectivity index (χ0n) is 8.78. The van der Waals surface area contributed by atoms with E-state index >= 15 is 0 Å². The second-order valence-electron chi connectivity index (χ2n) is 3.04. The Hall–Kier alpha value is -1.26. The standard InChI is InChI=1S/C10H16N2O2/c1-12(14-3)7-8-4-5-9(11)6-10(8)13-2/h4-6H,7,11H2,1-3H3. The van der Waals surface area contributed by atoms with Gasteiger partial charge in [0.1, 0.15) is 5.75 Å². The predicted molar refractivity (Wildman–Crippen MR) is 55.9 cm³/mol. The van der Waals surface area contributed by atoms with Gasteiger partial charge in [-0.3, -0.25) is 0 Å². The average molecular weight is 196 g/mol. The van der Waals surface area contributed by atoms with Crippen LogP contribution in [0.2, 0.25) is 0 Å². The number of benzene rings is 1. The number of nitrogens with two attached hydrogens (primary N) is 1. The number of hydrogen-bond donors (Lipinski definition) is 1. The van der Waals surface area contributed by atoms with Crippen molar-refractivity contribution in [3.8, 4) is 5.75 Å². The molecule has 14 heavy (non-hydrogen) atoms. The van der Waals surface area contributed by atoms with Crippen LogP contribution in [-0.4, -0.2) is 26.3 Å². The molecule has 0 amide bonds. The number of nitrogens with zero attached hydrogens (tertiary/aromatic N) is 1. The Kier molecular flexibility index (Phi) is 3.73. The number of nitrogen functional groups attached to an aromatic ring is 1. The van der Waals surface area contributed by atoms with Gasteiger partial charge in [-0.1, -0.05) is 6.07 Å². The molecule has 78 valence electrons. The van der Waals surface area contributed by atoms with Gasteiger partial charge in [-0.15, -0.1) is 0 Å². The lowest BCUT2D eigenvalue weighted by Gasteiger charge is -2.15. The second-order valence-corrected chi connectivity index (χ2v) is 3.04. The largest absolute Gasteiger partial charge is 0.496 e. The van der Waals surface area contributed by atoms with Crippen molar-refractivity contribution in [2.75, 3.05) is 27.0 Å². The molecule has 0 heterocycles. The summed E-state index contributed by atoms with van der Waals surface area (Å²) >= 11 is 0. The first-order chi connectivity index (χ1) is 6.67. The molecular formula is C10H16N2O2. The number of anilines is 1. The SMILES string of the molecule is COc1cc(N)ccc1CN(C)OC. The Labute approximate surface area is 84.2 Å². The van der Waals surface area contributed by atoms with Crippen LogP contribution in [0.4, 0.5) is 5.69 Å². The Morgan fingerprint density at radius 3 is 2.64 bits per heavy atom. The highest BCUT2D eigenvalue weighted by Gasteiger charge is 2.05. The van der Waals surface area contributed by atoms with Crippen LogP contribution in [-0.2, 0) is 11.4 Å². The minimum absolute atomic E-state index is 0.667. The van der Waals surface area contributed by atoms with Crippen molar-refractivity contribution in [3.05, 3.63) is 23.8 Å². The molecule has 0 radical (unpaired) electrons. The van der Waals surface area contributed by atoms with Crippen LogP contribution in [0.25, 0.3) is 0 Å². The molecule has 4 nitrogen and oxygen atoms in total. The number of hydroxylamine groups is 2. The normalized spacial score (nSPS) is 10.6. The van der Waals surface area contributed by atoms with E-state index < -0.39 is 0 Å². The summed E-state index contributed by atoms with van der Waals surface area (Å²) in [4.78, 5) is 5.03. The first kappa shape index (κ1) is 10.8. The molecule has 4 heteroatoms. The van der Waals surface area contributed by atoms with Gasteiger partial charge in [0, 0.05) is 24.4 Å². The van der Waals surface area contributed by atoms with Crippen LogP contribution >= 0.6 is 0 Å². The lowest BCUT2D eigenvalue weighted by atomic mass is 10.2. The van der Waals surface area contributed by atoms with E-state index in [0.29, 0.717) is 12.2 Å². The molecule has 0 aromatic heterocycles.